The van der Waals surface area contributed by atoms with Crippen molar-refractivity contribution in [2.45, 2.75) is 57.5 Å². The van der Waals surface area contributed by atoms with E-state index in [9.17, 15) is 24.0 Å². The largest absolute Gasteiger partial charge is 0.481 e. The Kier molecular flexibility index (Phi) is 8.45. The fourth-order valence-corrected chi connectivity index (χ4v) is 4.22. The first-order valence-electron chi connectivity index (χ1n) is 11.5. The number of amides is 2. The maximum absolute atomic E-state index is 12.7. The average molecular weight is 488 g/mol. The van der Waals surface area contributed by atoms with Crippen LogP contribution in [-0.2, 0) is 14.4 Å². The maximum atomic E-state index is 12.7. The van der Waals surface area contributed by atoms with Crippen LogP contribution in [0.25, 0.3) is 11.0 Å². The zero-order valence-corrected chi connectivity index (χ0v) is 19.4. The highest BCUT2D eigenvalue weighted by molar-refractivity contribution is 5.97. The van der Waals surface area contributed by atoms with Crippen LogP contribution in [0.3, 0.4) is 0 Å². The second kappa shape index (κ2) is 11.5. The standard InChI is InChI=1S/C24H29N3O8/c1-14(28)25-16-3-5-17(6-4-16)26-23(33)19-12-15-2-7-18(13-20(15)35-24(19)34)27(10-8-21(29)30)11-9-22(31)32/h2,7,12-13,16-17H,3-6,8-11H2,1H3,(H,25,28)(H,26,33)(H,29,30)(H,31,32)/t16-,17-. The predicted octanol–water partition coefficient (Wildman–Crippen LogP) is 1.73. The van der Waals surface area contributed by atoms with Crippen LogP contribution < -0.4 is 21.2 Å². The van der Waals surface area contributed by atoms with Crippen molar-refractivity contribution in [3.8, 4) is 0 Å². The van der Waals surface area contributed by atoms with Gasteiger partial charge >= 0.3 is 17.6 Å². The molecule has 4 N–H and O–H groups in total. The van der Waals surface area contributed by atoms with Crippen molar-refractivity contribution >= 4 is 40.4 Å². The molecule has 1 saturated carbocycles. The molecule has 11 nitrogen and oxygen atoms in total. The molecule has 1 aromatic carbocycles. The van der Waals surface area contributed by atoms with E-state index < -0.39 is 23.5 Å². The van der Waals surface area contributed by atoms with E-state index in [0.29, 0.717) is 23.9 Å². The molecule has 1 heterocycles. The molecule has 1 aliphatic rings. The second-order valence-electron chi connectivity index (χ2n) is 8.67. The highest BCUT2D eigenvalue weighted by atomic mass is 16.4. The van der Waals surface area contributed by atoms with E-state index in [1.165, 1.54) is 19.1 Å². The maximum Gasteiger partial charge on any atom is 0.349 e. The average Bonchev–Trinajstić information content (AvgIpc) is 2.79. The van der Waals surface area contributed by atoms with Crippen molar-refractivity contribution in [3.05, 3.63) is 40.2 Å². The van der Waals surface area contributed by atoms with Gasteiger partial charge in [0, 0.05) is 49.2 Å². The van der Waals surface area contributed by atoms with Crippen LogP contribution in [0.1, 0.15) is 55.8 Å². The molecular weight excluding hydrogens is 458 g/mol. The van der Waals surface area contributed by atoms with Crippen LogP contribution in [0.5, 0.6) is 0 Å². The van der Waals surface area contributed by atoms with Crippen molar-refractivity contribution in [3.63, 3.8) is 0 Å². The third-order valence-corrected chi connectivity index (χ3v) is 5.99. The Morgan fingerprint density at radius 3 is 2.06 bits per heavy atom. The van der Waals surface area contributed by atoms with Gasteiger partial charge in [-0.1, -0.05) is 0 Å². The molecule has 2 amide bonds. The van der Waals surface area contributed by atoms with Crippen LogP contribution in [0.4, 0.5) is 5.69 Å². The molecule has 3 rings (SSSR count). The molecule has 0 bridgehead atoms. The monoisotopic (exact) mass is 487 g/mol. The Morgan fingerprint density at radius 2 is 1.51 bits per heavy atom. The molecule has 11 heteroatoms. The number of fused-ring (bicyclic) bond motifs is 1. The fraction of sp³-hybridized carbons (Fsp3) is 0.458. The summed E-state index contributed by atoms with van der Waals surface area (Å²) in [5.74, 6) is -2.65. The van der Waals surface area contributed by atoms with Crippen molar-refractivity contribution < 1.29 is 33.8 Å². The molecule has 1 aromatic heterocycles. The molecule has 35 heavy (non-hydrogen) atoms. The first-order chi connectivity index (χ1) is 16.6. The number of hydrogen-bond acceptors (Lipinski definition) is 7. The van der Waals surface area contributed by atoms with Crippen LogP contribution in [0.2, 0.25) is 0 Å². The van der Waals surface area contributed by atoms with Gasteiger partial charge in [-0.3, -0.25) is 19.2 Å². The molecule has 2 aromatic rings. The lowest BCUT2D eigenvalue weighted by Gasteiger charge is -2.29. The van der Waals surface area contributed by atoms with Gasteiger partial charge in [-0.25, -0.2) is 4.79 Å². The Bertz CT molecular complexity index is 1150. The third kappa shape index (κ3) is 7.29. The molecule has 0 atom stereocenters. The SMILES string of the molecule is CC(=O)N[C@H]1CC[C@H](NC(=O)c2cc3ccc(N(CCC(=O)O)CCC(=O)O)cc3oc2=O)CC1. The molecule has 1 fully saturated rings. The van der Waals surface area contributed by atoms with E-state index >= 15 is 0 Å². The summed E-state index contributed by atoms with van der Waals surface area (Å²) in [5, 5.41) is 24.2. The van der Waals surface area contributed by atoms with E-state index in [1.807, 2.05) is 0 Å². The molecular formula is C24H29N3O8. The fourth-order valence-electron chi connectivity index (χ4n) is 4.22. The van der Waals surface area contributed by atoms with Crippen LogP contribution in [0.15, 0.2) is 33.5 Å². The smallest absolute Gasteiger partial charge is 0.349 e. The summed E-state index contributed by atoms with van der Waals surface area (Å²) in [7, 11) is 0. The quantitative estimate of drug-likeness (QED) is 0.365. The van der Waals surface area contributed by atoms with Crippen molar-refractivity contribution in [2.24, 2.45) is 0 Å². The molecule has 0 aliphatic heterocycles. The summed E-state index contributed by atoms with van der Waals surface area (Å²) in [6, 6.07) is 6.26. The summed E-state index contributed by atoms with van der Waals surface area (Å²) < 4.78 is 5.38. The van der Waals surface area contributed by atoms with Crippen LogP contribution in [0, 0.1) is 0 Å². The van der Waals surface area contributed by atoms with Gasteiger partial charge in [0.2, 0.25) is 5.91 Å². The van der Waals surface area contributed by atoms with Gasteiger partial charge in [0.25, 0.3) is 5.91 Å². The predicted molar refractivity (Wildman–Crippen MR) is 127 cm³/mol. The minimum absolute atomic E-state index is 0.0821. The van der Waals surface area contributed by atoms with Crippen molar-refractivity contribution in [1.82, 2.24) is 10.6 Å². The van der Waals surface area contributed by atoms with E-state index in [4.69, 9.17) is 14.6 Å². The zero-order chi connectivity index (χ0) is 25.5. The van der Waals surface area contributed by atoms with Gasteiger partial charge in [-0.15, -0.1) is 0 Å². The second-order valence-corrected chi connectivity index (χ2v) is 8.67. The number of rotatable bonds is 10. The van der Waals surface area contributed by atoms with Crippen molar-refractivity contribution in [1.29, 1.82) is 0 Å². The minimum atomic E-state index is -1.02. The summed E-state index contributed by atoms with van der Waals surface area (Å²) in [4.78, 5) is 60.1. The van der Waals surface area contributed by atoms with E-state index in [0.717, 1.165) is 12.8 Å². The minimum Gasteiger partial charge on any atom is -0.481 e. The third-order valence-electron chi connectivity index (χ3n) is 5.99. The Morgan fingerprint density at radius 1 is 0.943 bits per heavy atom. The van der Waals surface area contributed by atoms with Crippen LogP contribution >= 0.6 is 0 Å². The number of carboxylic acids is 2. The summed E-state index contributed by atoms with van der Waals surface area (Å²) >= 11 is 0. The lowest BCUT2D eigenvalue weighted by atomic mass is 9.91. The lowest BCUT2D eigenvalue weighted by molar-refractivity contribution is -0.137. The number of aliphatic carboxylic acids is 2. The highest BCUT2D eigenvalue weighted by Crippen LogP contribution is 2.23. The number of hydrogen-bond donors (Lipinski definition) is 4. The Labute approximate surface area is 201 Å². The van der Waals surface area contributed by atoms with Gasteiger partial charge in [-0.2, -0.15) is 0 Å². The molecule has 0 unspecified atom stereocenters. The van der Waals surface area contributed by atoms with Gasteiger partial charge in [-0.05, 0) is 43.9 Å². The van der Waals surface area contributed by atoms with Crippen LogP contribution in [-0.4, -0.2) is 59.1 Å². The zero-order valence-electron chi connectivity index (χ0n) is 19.4. The number of nitrogens with zero attached hydrogens (tertiary/aromatic N) is 1. The van der Waals surface area contributed by atoms with E-state index in [-0.39, 0.29) is 55.1 Å². The Balaban J connectivity index is 1.73. The van der Waals surface area contributed by atoms with Gasteiger partial charge < -0.3 is 30.2 Å². The normalized spacial score (nSPS) is 17.5. The number of carboxylic acid groups (broad SMARTS) is 2. The van der Waals surface area contributed by atoms with Gasteiger partial charge in [0.15, 0.2) is 0 Å². The first-order valence-corrected chi connectivity index (χ1v) is 11.5. The topological polar surface area (TPSA) is 166 Å². The number of carbonyl (C=O) groups is 4. The summed E-state index contributed by atoms with van der Waals surface area (Å²) in [6.45, 7) is 1.64. The highest BCUT2D eigenvalue weighted by Gasteiger charge is 2.24. The number of anilines is 1. The Hall–Kier alpha value is -3.89. The molecule has 0 radical (unpaired) electrons. The number of benzene rings is 1. The van der Waals surface area contributed by atoms with E-state index in [1.54, 1.807) is 17.0 Å². The van der Waals surface area contributed by atoms with Crippen molar-refractivity contribution in [2.75, 3.05) is 18.0 Å². The van der Waals surface area contributed by atoms with Gasteiger partial charge in [0.05, 0.1) is 12.8 Å². The summed E-state index contributed by atoms with van der Waals surface area (Å²) in [6.07, 6.45) is 2.46. The van der Waals surface area contributed by atoms with Gasteiger partial charge in [0.1, 0.15) is 11.1 Å². The summed E-state index contributed by atoms with van der Waals surface area (Å²) in [5.41, 5.74) is -0.212. The first kappa shape index (κ1) is 25.7. The molecule has 188 valence electrons. The number of carbonyl (C=O) groups excluding carboxylic acids is 2. The molecule has 0 spiro atoms. The molecule has 0 saturated heterocycles. The lowest BCUT2D eigenvalue weighted by Crippen LogP contribution is -2.44. The molecule has 1 aliphatic carbocycles. The number of nitrogens with one attached hydrogen (secondary N) is 2. The van der Waals surface area contributed by atoms with E-state index in [2.05, 4.69) is 10.6 Å².